The van der Waals surface area contributed by atoms with Gasteiger partial charge in [0.1, 0.15) is 0 Å². The van der Waals surface area contributed by atoms with Gasteiger partial charge in [0.2, 0.25) is 0 Å². The lowest BCUT2D eigenvalue weighted by atomic mass is 10.1. The first-order valence-corrected chi connectivity index (χ1v) is 5.74. The van der Waals surface area contributed by atoms with Crippen LogP contribution in [-0.2, 0) is 0 Å². The molecule has 1 aromatic rings. The second-order valence-electron chi connectivity index (χ2n) is 3.04. The van der Waals surface area contributed by atoms with Crippen LogP contribution in [0, 0.1) is 0 Å². The van der Waals surface area contributed by atoms with Crippen molar-refractivity contribution in [2.75, 3.05) is 0 Å². The van der Waals surface area contributed by atoms with Crippen molar-refractivity contribution in [3.05, 3.63) is 20.8 Å². The van der Waals surface area contributed by atoms with E-state index in [2.05, 4.69) is 15.9 Å². The van der Waals surface area contributed by atoms with Crippen LogP contribution in [0.5, 0.6) is 0 Å². The molecule has 0 aliphatic rings. The average molecular weight is 262 g/mol. The Labute approximate surface area is 90.3 Å². The van der Waals surface area contributed by atoms with E-state index in [1.165, 1.54) is 11.3 Å². The molecule has 0 spiro atoms. The van der Waals surface area contributed by atoms with Crippen molar-refractivity contribution >= 4 is 33.0 Å². The minimum Gasteiger partial charge on any atom is -0.328 e. The molecule has 1 rings (SSSR count). The SMILES string of the molecule is CC(N)CCC(=O)c1ccc(Br)s1. The number of halogens is 1. The van der Waals surface area contributed by atoms with Gasteiger partial charge in [0.15, 0.2) is 5.78 Å². The monoisotopic (exact) mass is 261 g/mol. The van der Waals surface area contributed by atoms with Gasteiger partial charge < -0.3 is 5.73 Å². The van der Waals surface area contributed by atoms with Crippen LogP contribution in [0.4, 0.5) is 0 Å². The van der Waals surface area contributed by atoms with Gasteiger partial charge in [0, 0.05) is 12.5 Å². The molecule has 1 heterocycles. The van der Waals surface area contributed by atoms with Crippen molar-refractivity contribution in [3.8, 4) is 0 Å². The summed E-state index contributed by atoms with van der Waals surface area (Å²) in [7, 11) is 0. The van der Waals surface area contributed by atoms with E-state index >= 15 is 0 Å². The number of Topliss-reactive ketones (excluding diaryl/α,β-unsaturated/α-hetero) is 1. The molecule has 0 aromatic carbocycles. The number of hydrogen-bond acceptors (Lipinski definition) is 3. The Kier molecular flexibility index (Phi) is 4.09. The highest BCUT2D eigenvalue weighted by Gasteiger charge is 2.08. The Morgan fingerprint density at radius 3 is 2.85 bits per heavy atom. The Hall–Kier alpha value is -0.190. The van der Waals surface area contributed by atoms with Gasteiger partial charge in [0.25, 0.3) is 0 Å². The molecule has 0 aliphatic heterocycles. The van der Waals surface area contributed by atoms with Crippen LogP contribution in [0.25, 0.3) is 0 Å². The van der Waals surface area contributed by atoms with E-state index in [9.17, 15) is 4.79 Å². The molecule has 13 heavy (non-hydrogen) atoms. The van der Waals surface area contributed by atoms with Gasteiger partial charge in [-0.25, -0.2) is 0 Å². The van der Waals surface area contributed by atoms with E-state index in [4.69, 9.17) is 5.73 Å². The van der Waals surface area contributed by atoms with Crippen molar-refractivity contribution < 1.29 is 4.79 Å². The molecule has 0 bridgehead atoms. The fourth-order valence-electron chi connectivity index (χ4n) is 0.946. The van der Waals surface area contributed by atoms with Gasteiger partial charge in [-0.3, -0.25) is 4.79 Å². The lowest BCUT2D eigenvalue weighted by Crippen LogP contribution is -2.16. The zero-order valence-corrected chi connectivity index (χ0v) is 9.82. The van der Waals surface area contributed by atoms with Crippen LogP contribution in [0.15, 0.2) is 15.9 Å². The predicted molar refractivity (Wildman–Crippen MR) is 59.2 cm³/mol. The first kappa shape index (κ1) is 10.9. The summed E-state index contributed by atoms with van der Waals surface area (Å²) < 4.78 is 0.997. The predicted octanol–water partition coefficient (Wildman–Crippen LogP) is 2.82. The molecule has 0 saturated carbocycles. The minimum absolute atomic E-state index is 0.104. The van der Waals surface area contributed by atoms with Crippen molar-refractivity contribution in [2.24, 2.45) is 5.73 Å². The van der Waals surface area contributed by atoms with E-state index < -0.39 is 0 Å². The van der Waals surface area contributed by atoms with Crippen molar-refractivity contribution in [3.63, 3.8) is 0 Å². The van der Waals surface area contributed by atoms with Gasteiger partial charge in [0.05, 0.1) is 8.66 Å². The van der Waals surface area contributed by atoms with Crippen molar-refractivity contribution in [1.29, 1.82) is 0 Å². The molecule has 1 atom stereocenters. The number of thiophene rings is 1. The summed E-state index contributed by atoms with van der Waals surface area (Å²) in [4.78, 5) is 12.3. The van der Waals surface area contributed by atoms with Gasteiger partial charge in [-0.15, -0.1) is 11.3 Å². The summed E-state index contributed by atoms with van der Waals surface area (Å²) in [5, 5.41) is 0. The second-order valence-corrected chi connectivity index (χ2v) is 5.51. The number of ketones is 1. The maximum absolute atomic E-state index is 11.5. The zero-order chi connectivity index (χ0) is 9.84. The minimum atomic E-state index is 0.104. The van der Waals surface area contributed by atoms with Crippen LogP contribution < -0.4 is 5.73 Å². The van der Waals surface area contributed by atoms with Crippen LogP contribution >= 0.6 is 27.3 Å². The maximum Gasteiger partial charge on any atom is 0.172 e. The highest BCUT2D eigenvalue weighted by atomic mass is 79.9. The van der Waals surface area contributed by atoms with Crippen LogP contribution in [0.1, 0.15) is 29.4 Å². The van der Waals surface area contributed by atoms with Gasteiger partial charge in [-0.05, 0) is 41.4 Å². The molecule has 0 aliphatic carbocycles. The standard InChI is InChI=1S/C9H12BrNOS/c1-6(11)2-3-7(12)8-4-5-9(10)13-8/h4-6H,2-3,11H2,1H3. The first-order chi connectivity index (χ1) is 6.09. The number of carbonyl (C=O) groups is 1. The molecule has 72 valence electrons. The maximum atomic E-state index is 11.5. The number of rotatable bonds is 4. The lowest BCUT2D eigenvalue weighted by molar-refractivity contribution is 0.0982. The molecule has 2 N–H and O–H groups in total. The fraction of sp³-hybridized carbons (Fsp3) is 0.444. The highest BCUT2D eigenvalue weighted by Crippen LogP contribution is 2.23. The summed E-state index contributed by atoms with van der Waals surface area (Å²) in [5.41, 5.74) is 5.57. The summed E-state index contributed by atoms with van der Waals surface area (Å²) in [6.45, 7) is 1.91. The summed E-state index contributed by atoms with van der Waals surface area (Å²) in [5.74, 6) is 0.188. The Balaban J connectivity index is 2.49. The molecular formula is C9H12BrNOS. The average Bonchev–Trinajstić information content (AvgIpc) is 2.47. The third-order valence-electron chi connectivity index (χ3n) is 1.67. The van der Waals surface area contributed by atoms with Gasteiger partial charge >= 0.3 is 0 Å². The van der Waals surface area contributed by atoms with E-state index in [0.29, 0.717) is 6.42 Å². The van der Waals surface area contributed by atoms with E-state index in [1.807, 2.05) is 19.1 Å². The molecule has 1 unspecified atom stereocenters. The van der Waals surface area contributed by atoms with Crippen LogP contribution in [0.2, 0.25) is 0 Å². The van der Waals surface area contributed by atoms with Crippen LogP contribution in [-0.4, -0.2) is 11.8 Å². The fourth-order valence-corrected chi connectivity index (χ4v) is 2.30. The molecule has 0 amide bonds. The van der Waals surface area contributed by atoms with Gasteiger partial charge in [-0.2, -0.15) is 0 Å². The third-order valence-corrected chi connectivity index (χ3v) is 3.34. The number of hydrogen-bond donors (Lipinski definition) is 1. The van der Waals surface area contributed by atoms with Crippen molar-refractivity contribution in [1.82, 2.24) is 0 Å². The topological polar surface area (TPSA) is 43.1 Å². The zero-order valence-electron chi connectivity index (χ0n) is 7.42. The summed E-state index contributed by atoms with van der Waals surface area (Å²) in [6.07, 6.45) is 1.30. The Bertz CT molecular complexity index is 296. The Morgan fingerprint density at radius 1 is 1.69 bits per heavy atom. The molecule has 0 fully saturated rings. The number of nitrogens with two attached hydrogens (primary N) is 1. The molecule has 1 aromatic heterocycles. The lowest BCUT2D eigenvalue weighted by Gasteiger charge is -2.01. The second kappa shape index (κ2) is 4.88. The van der Waals surface area contributed by atoms with E-state index in [1.54, 1.807) is 0 Å². The summed E-state index contributed by atoms with van der Waals surface area (Å²) >= 11 is 4.80. The number of carbonyl (C=O) groups excluding carboxylic acids is 1. The quantitative estimate of drug-likeness (QED) is 0.848. The third kappa shape index (κ3) is 3.58. The Morgan fingerprint density at radius 2 is 2.38 bits per heavy atom. The first-order valence-electron chi connectivity index (χ1n) is 4.13. The van der Waals surface area contributed by atoms with Crippen LogP contribution in [0.3, 0.4) is 0 Å². The van der Waals surface area contributed by atoms with E-state index in [0.717, 1.165) is 15.1 Å². The van der Waals surface area contributed by atoms with Crippen molar-refractivity contribution in [2.45, 2.75) is 25.8 Å². The smallest absolute Gasteiger partial charge is 0.172 e. The molecule has 0 radical (unpaired) electrons. The molecule has 2 nitrogen and oxygen atoms in total. The van der Waals surface area contributed by atoms with Gasteiger partial charge in [-0.1, -0.05) is 0 Å². The van der Waals surface area contributed by atoms with E-state index in [-0.39, 0.29) is 11.8 Å². The molecule has 0 saturated heterocycles. The highest BCUT2D eigenvalue weighted by molar-refractivity contribution is 9.11. The summed E-state index contributed by atoms with van der Waals surface area (Å²) in [6, 6.07) is 3.84. The molecule has 4 heteroatoms. The normalized spacial score (nSPS) is 12.8. The largest absolute Gasteiger partial charge is 0.328 e. The molecular weight excluding hydrogens is 250 g/mol.